The van der Waals surface area contributed by atoms with E-state index in [1.165, 1.54) is 12.1 Å². The maximum absolute atomic E-state index is 13.2. The molecule has 0 aliphatic rings. The molecule has 1 aromatic heterocycles. The van der Waals surface area contributed by atoms with Crippen LogP contribution in [0.4, 0.5) is 4.39 Å². The minimum Gasteiger partial charge on any atom is -0.396 e. The number of aliphatic hydroxyl groups is 1. The van der Waals surface area contributed by atoms with Crippen LogP contribution in [0.5, 0.6) is 0 Å². The number of amides is 1. The van der Waals surface area contributed by atoms with Gasteiger partial charge in [0.25, 0.3) is 5.91 Å². The number of rotatable bonds is 6. The Labute approximate surface area is 129 Å². The van der Waals surface area contributed by atoms with Gasteiger partial charge in [-0.05, 0) is 37.5 Å². The number of carbonyl (C=O) groups is 1. The lowest BCUT2D eigenvalue weighted by Gasteiger charge is -2.11. The van der Waals surface area contributed by atoms with Crippen molar-refractivity contribution < 1.29 is 14.3 Å². The normalized spacial score (nSPS) is 10.9. The fourth-order valence-electron chi connectivity index (χ4n) is 2.93. The van der Waals surface area contributed by atoms with E-state index >= 15 is 0 Å². The maximum Gasteiger partial charge on any atom is 0.251 e. The number of primary amides is 1. The van der Waals surface area contributed by atoms with Gasteiger partial charge in [-0.1, -0.05) is 19.1 Å². The van der Waals surface area contributed by atoms with Crippen LogP contribution in [0.3, 0.4) is 0 Å². The van der Waals surface area contributed by atoms with Crippen LogP contribution in [-0.4, -0.2) is 22.2 Å². The average molecular weight is 304 g/mol. The van der Waals surface area contributed by atoms with Crippen LogP contribution in [0, 0.1) is 12.7 Å². The zero-order chi connectivity index (χ0) is 16.3. The molecule has 1 aromatic carbocycles. The molecule has 3 N–H and O–H groups in total. The van der Waals surface area contributed by atoms with Gasteiger partial charge in [0.1, 0.15) is 5.82 Å². The Morgan fingerprint density at radius 3 is 2.45 bits per heavy atom. The summed E-state index contributed by atoms with van der Waals surface area (Å²) in [5, 5.41) is 9.07. The SMILES string of the molecule is CCc1c(-c2ccc(F)cc2)c(C(N)=O)c(C)n1CCCO. The molecule has 4 nitrogen and oxygen atoms in total. The molecular weight excluding hydrogens is 283 g/mol. The van der Waals surface area contributed by atoms with Crippen LogP contribution >= 0.6 is 0 Å². The van der Waals surface area contributed by atoms with Crippen molar-refractivity contribution in [1.82, 2.24) is 4.57 Å². The summed E-state index contributed by atoms with van der Waals surface area (Å²) in [6, 6.07) is 6.07. The molecule has 0 saturated heterocycles. The summed E-state index contributed by atoms with van der Waals surface area (Å²) in [6.45, 7) is 4.55. The average Bonchev–Trinajstić information content (AvgIpc) is 2.78. The third-order valence-electron chi connectivity index (χ3n) is 3.89. The number of aliphatic hydroxyl groups excluding tert-OH is 1. The summed E-state index contributed by atoms with van der Waals surface area (Å²) >= 11 is 0. The Bertz CT molecular complexity index is 675. The lowest BCUT2D eigenvalue weighted by Crippen LogP contribution is -2.13. The van der Waals surface area contributed by atoms with Gasteiger partial charge in [0.2, 0.25) is 0 Å². The molecular formula is C17H21FN2O2. The second-order valence-corrected chi connectivity index (χ2v) is 5.24. The molecule has 0 fully saturated rings. The summed E-state index contributed by atoms with van der Waals surface area (Å²) < 4.78 is 15.2. The van der Waals surface area contributed by atoms with Crippen molar-refractivity contribution in [3.05, 3.63) is 47.0 Å². The molecule has 0 atom stereocenters. The first kappa shape index (κ1) is 16.2. The molecule has 2 aromatic rings. The highest BCUT2D eigenvalue weighted by atomic mass is 19.1. The molecule has 0 spiro atoms. The number of hydrogen-bond donors (Lipinski definition) is 2. The molecule has 0 aliphatic carbocycles. The van der Waals surface area contributed by atoms with Gasteiger partial charge in [-0.3, -0.25) is 4.79 Å². The summed E-state index contributed by atoms with van der Waals surface area (Å²) in [5.41, 5.74) is 9.36. The first-order valence-corrected chi connectivity index (χ1v) is 7.39. The smallest absolute Gasteiger partial charge is 0.251 e. The predicted octanol–water partition coefficient (Wildman–Crippen LogP) is 2.65. The monoisotopic (exact) mass is 304 g/mol. The Balaban J connectivity index is 2.69. The number of aromatic nitrogens is 1. The van der Waals surface area contributed by atoms with E-state index in [0.717, 1.165) is 22.5 Å². The van der Waals surface area contributed by atoms with Crippen molar-refractivity contribution in [2.75, 3.05) is 6.61 Å². The van der Waals surface area contributed by atoms with Gasteiger partial charge in [-0.2, -0.15) is 0 Å². The van der Waals surface area contributed by atoms with Crippen molar-refractivity contribution in [2.45, 2.75) is 33.2 Å². The van der Waals surface area contributed by atoms with Gasteiger partial charge in [-0.15, -0.1) is 0 Å². The van der Waals surface area contributed by atoms with E-state index in [1.54, 1.807) is 12.1 Å². The van der Waals surface area contributed by atoms with Crippen LogP contribution < -0.4 is 5.73 Å². The number of carbonyl (C=O) groups excluding carboxylic acids is 1. The fraction of sp³-hybridized carbons (Fsp3) is 0.353. The second kappa shape index (κ2) is 6.75. The highest BCUT2D eigenvalue weighted by molar-refractivity contribution is 6.02. The molecule has 5 heteroatoms. The molecule has 118 valence electrons. The third-order valence-corrected chi connectivity index (χ3v) is 3.89. The Hall–Kier alpha value is -2.14. The van der Waals surface area contributed by atoms with Gasteiger partial charge < -0.3 is 15.4 Å². The first-order valence-electron chi connectivity index (χ1n) is 7.39. The fourth-order valence-corrected chi connectivity index (χ4v) is 2.93. The molecule has 1 heterocycles. The van der Waals surface area contributed by atoms with Gasteiger partial charge >= 0.3 is 0 Å². The summed E-state index contributed by atoms with van der Waals surface area (Å²) in [6.07, 6.45) is 1.32. The van der Waals surface area contributed by atoms with Gasteiger partial charge in [0.05, 0.1) is 5.56 Å². The number of hydrogen-bond acceptors (Lipinski definition) is 2. The first-order chi connectivity index (χ1) is 10.5. The van der Waals surface area contributed by atoms with Crippen LogP contribution in [0.1, 0.15) is 35.1 Å². The lowest BCUT2D eigenvalue weighted by atomic mass is 9.99. The van der Waals surface area contributed by atoms with E-state index in [1.807, 2.05) is 18.4 Å². The zero-order valence-corrected chi connectivity index (χ0v) is 12.9. The van der Waals surface area contributed by atoms with E-state index in [-0.39, 0.29) is 12.4 Å². The van der Waals surface area contributed by atoms with Crippen LogP contribution in [0.2, 0.25) is 0 Å². The van der Waals surface area contributed by atoms with Crippen molar-refractivity contribution in [2.24, 2.45) is 5.73 Å². The van der Waals surface area contributed by atoms with Crippen molar-refractivity contribution >= 4 is 5.91 Å². The van der Waals surface area contributed by atoms with Crippen LogP contribution in [0.15, 0.2) is 24.3 Å². The summed E-state index contributed by atoms with van der Waals surface area (Å²) in [7, 11) is 0. The van der Waals surface area contributed by atoms with Crippen molar-refractivity contribution in [1.29, 1.82) is 0 Å². The number of nitrogens with two attached hydrogens (primary N) is 1. The topological polar surface area (TPSA) is 68.2 Å². The predicted molar refractivity (Wildman–Crippen MR) is 84.2 cm³/mol. The molecule has 1 amide bonds. The largest absolute Gasteiger partial charge is 0.396 e. The number of halogens is 1. The van der Waals surface area contributed by atoms with Crippen molar-refractivity contribution in [3.63, 3.8) is 0 Å². The second-order valence-electron chi connectivity index (χ2n) is 5.24. The highest BCUT2D eigenvalue weighted by Crippen LogP contribution is 2.33. The molecule has 0 bridgehead atoms. The molecule has 0 saturated carbocycles. The van der Waals surface area contributed by atoms with Crippen LogP contribution in [-0.2, 0) is 13.0 Å². The maximum atomic E-state index is 13.2. The van der Waals surface area contributed by atoms with E-state index < -0.39 is 5.91 Å². The third kappa shape index (κ3) is 2.90. The zero-order valence-electron chi connectivity index (χ0n) is 12.9. The summed E-state index contributed by atoms with van der Waals surface area (Å²) in [4.78, 5) is 11.9. The highest BCUT2D eigenvalue weighted by Gasteiger charge is 2.23. The van der Waals surface area contributed by atoms with E-state index in [4.69, 9.17) is 10.8 Å². The van der Waals surface area contributed by atoms with E-state index in [9.17, 15) is 9.18 Å². The Morgan fingerprint density at radius 1 is 1.32 bits per heavy atom. The quantitative estimate of drug-likeness (QED) is 0.861. The summed E-state index contributed by atoms with van der Waals surface area (Å²) in [5.74, 6) is -0.812. The van der Waals surface area contributed by atoms with E-state index in [0.29, 0.717) is 24.9 Å². The number of nitrogens with zero attached hydrogens (tertiary/aromatic N) is 1. The standard InChI is InChI=1S/C17H21FN2O2/c1-3-14-16(12-5-7-13(18)8-6-12)15(17(19)22)11(2)20(14)9-4-10-21/h5-8,21H,3-4,9-10H2,1-2H3,(H2,19,22). The van der Waals surface area contributed by atoms with Gasteiger partial charge in [-0.25, -0.2) is 4.39 Å². The molecule has 22 heavy (non-hydrogen) atoms. The molecule has 0 unspecified atom stereocenters. The van der Waals surface area contributed by atoms with Crippen molar-refractivity contribution in [3.8, 4) is 11.1 Å². The lowest BCUT2D eigenvalue weighted by molar-refractivity contribution is 0.1000. The van der Waals surface area contributed by atoms with Crippen LogP contribution in [0.25, 0.3) is 11.1 Å². The molecule has 2 rings (SSSR count). The minimum absolute atomic E-state index is 0.0819. The Kier molecular flexibility index (Phi) is 4.98. The Morgan fingerprint density at radius 2 is 1.95 bits per heavy atom. The molecule has 0 radical (unpaired) electrons. The minimum atomic E-state index is -0.491. The van der Waals surface area contributed by atoms with E-state index in [2.05, 4.69) is 0 Å². The van der Waals surface area contributed by atoms with Gasteiger partial charge in [0.15, 0.2) is 0 Å². The number of benzene rings is 1. The van der Waals surface area contributed by atoms with Gasteiger partial charge in [0, 0.05) is 30.1 Å². The molecule has 0 aliphatic heterocycles.